The second-order valence-electron chi connectivity index (χ2n) is 14.4. The first kappa shape index (κ1) is 33.4. The van der Waals surface area contributed by atoms with E-state index in [1.54, 1.807) is 24.8 Å². The molecule has 7 aromatic carbocycles. The van der Waals surface area contributed by atoms with Crippen molar-refractivity contribution in [2.24, 2.45) is 0 Å². The Morgan fingerprint density at radius 2 is 0.879 bits per heavy atom. The number of aromatic nitrogens is 6. The quantitative estimate of drug-likeness (QED) is 0.158. The lowest BCUT2D eigenvalue weighted by atomic mass is 9.89. The van der Waals surface area contributed by atoms with Crippen molar-refractivity contribution in [1.29, 1.82) is 0 Å². The summed E-state index contributed by atoms with van der Waals surface area (Å²) < 4.78 is 0. The van der Waals surface area contributed by atoms with E-state index in [-0.39, 0.29) is 0 Å². The van der Waals surface area contributed by atoms with Gasteiger partial charge in [0.1, 0.15) is 0 Å². The molecule has 0 aliphatic heterocycles. The highest BCUT2D eigenvalue weighted by Crippen LogP contribution is 2.42. The molecule has 4 heterocycles. The first-order valence-corrected chi connectivity index (χ1v) is 19.2. The molecule has 0 saturated carbocycles. The summed E-state index contributed by atoms with van der Waals surface area (Å²) >= 11 is 0. The summed E-state index contributed by atoms with van der Waals surface area (Å²) in [5.74, 6) is 1.68. The van der Waals surface area contributed by atoms with Crippen molar-refractivity contribution in [1.82, 2.24) is 29.9 Å². The van der Waals surface area contributed by atoms with Crippen LogP contribution in [0.3, 0.4) is 0 Å². The van der Waals surface area contributed by atoms with E-state index < -0.39 is 0 Å². The van der Waals surface area contributed by atoms with Crippen molar-refractivity contribution < 1.29 is 0 Å². The Bertz CT molecular complexity index is 3290. The van der Waals surface area contributed by atoms with E-state index in [0.717, 1.165) is 66.5 Å². The Kier molecular flexibility index (Phi) is 8.04. The van der Waals surface area contributed by atoms with Crippen LogP contribution >= 0.6 is 0 Å². The SMILES string of the molecule is c1cncc(-c2nc(-c3cccnc3)nc(-c3cccc(-c4cccc(-c5cc6c(-c7ccc8ccccc8c7)nc7ccccc7c6c6ccccc56)c4)c3)n2)c1. The van der Waals surface area contributed by atoms with Crippen LogP contribution in [0.15, 0.2) is 195 Å². The average Bonchev–Trinajstić information content (AvgIpc) is 3.31. The molecule has 0 atom stereocenters. The van der Waals surface area contributed by atoms with Gasteiger partial charge in [-0.3, -0.25) is 9.97 Å². The molecule has 0 amide bonds. The van der Waals surface area contributed by atoms with Gasteiger partial charge < -0.3 is 0 Å². The molecule has 0 saturated heterocycles. The Morgan fingerprint density at radius 3 is 1.59 bits per heavy atom. The molecule has 0 spiro atoms. The van der Waals surface area contributed by atoms with Crippen molar-refractivity contribution in [3.8, 4) is 67.7 Å². The molecular formula is C52H32N6. The number of hydrogen-bond donors (Lipinski definition) is 0. The maximum Gasteiger partial charge on any atom is 0.165 e. The third-order valence-electron chi connectivity index (χ3n) is 10.8. The van der Waals surface area contributed by atoms with Gasteiger partial charge in [-0.15, -0.1) is 0 Å². The Balaban J connectivity index is 1.07. The van der Waals surface area contributed by atoms with Crippen LogP contribution in [0.25, 0.3) is 111 Å². The predicted molar refractivity (Wildman–Crippen MR) is 236 cm³/mol. The van der Waals surface area contributed by atoms with Gasteiger partial charge in [0.2, 0.25) is 0 Å². The molecule has 0 aliphatic rings. The molecule has 6 heteroatoms. The topological polar surface area (TPSA) is 77.3 Å². The van der Waals surface area contributed by atoms with Crippen molar-refractivity contribution >= 4 is 43.2 Å². The number of pyridine rings is 3. The van der Waals surface area contributed by atoms with Gasteiger partial charge >= 0.3 is 0 Å². The van der Waals surface area contributed by atoms with Gasteiger partial charge in [0.25, 0.3) is 0 Å². The third kappa shape index (κ3) is 5.92. The van der Waals surface area contributed by atoms with Crippen LogP contribution in [0.2, 0.25) is 0 Å². The summed E-state index contributed by atoms with van der Waals surface area (Å²) in [6.07, 6.45) is 7.03. The molecule has 0 unspecified atom stereocenters. The number of para-hydroxylation sites is 1. The molecule has 11 aromatic rings. The molecule has 0 N–H and O–H groups in total. The molecule has 0 aliphatic carbocycles. The van der Waals surface area contributed by atoms with E-state index in [9.17, 15) is 0 Å². The number of benzene rings is 7. The zero-order valence-electron chi connectivity index (χ0n) is 31.2. The molecule has 58 heavy (non-hydrogen) atoms. The summed E-state index contributed by atoms with van der Waals surface area (Å²) in [4.78, 5) is 28.7. The summed E-state index contributed by atoms with van der Waals surface area (Å²) in [6.45, 7) is 0. The molecule has 270 valence electrons. The fourth-order valence-electron chi connectivity index (χ4n) is 8.07. The number of rotatable bonds is 6. The van der Waals surface area contributed by atoms with Gasteiger partial charge in [0.15, 0.2) is 17.5 Å². The van der Waals surface area contributed by atoms with Crippen molar-refractivity contribution in [2.45, 2.75) is 0 Å². The molecule has 0 fully saturated rings. The molecule has 11 rings (SSSR count). The van der Waals surface area contributed by atoms with Gasteiger partial charge in [-0.05, 0) is 98.4 Å². The maximum atomic E-state index is 5.35. The van der Waals surface area contributed by atoms with Gasteiger partial charge in [-0.2, -0.15) is 0 Å². The van der Waals surface area contributed by atoms with Crippen molar-refractivity contribution in [3.63, 3.8) is 0 Å². The summed E-state index contributed by atoms with van der Waals surface area (Å²) in [5, 5.41) is 8.28. The van der Waals surface area contributed by atoms with E-state index in [0.29, 0.717) is 17.5 Å². The van der Waals surface area contributed by atoms with Crippen molar-refractivity contribution in [3.05, 3.63) is 195 Å². The van der Waals surface area contributed by atoms with Crippen LogP contribution in [0.5, 0.6) is 0 Å². The van der Waals surface area contributed by atoms with E-state index in [4.69, 9.17) is 19.9 Å². The Labute approximate surface area is 334 Å². The summed E-state index contributed by atoms with van der Waals surface area (Å²) in [7, 11) is 0. The Hall–Kier alpha value is -7.96. The number of nitrogens with zero attached hydrogens (tertiary/aromatic N) is 6. The molecular weight excluding hydrogens is 709 g/mol. The van der Waals surface area contributed by atoms with Gasteiger partial charge in [0.05, 0.1) is 11.2 Å². The first-order valence-electron chi connectivity index (χ1n) is 19.2. The van der Waals surface area contributed by atoms with E-state index >= 15 is 0 Å². The smallest absolute Gasteiger partial charge is 0.165 e. The van der Waals surface area contributed by atoms with Crippen LogP contribution in [0.4, 0.5) is 0 Å². The predicted octanol–water partition coefficient (Wildman–Crippen LogP) is 12.7. The van der Waals surface area contributed by atoms with Crippen LogP contribution in [0.1, 0.15) is 0 Å². The lowest BCUT2D eigenvalue weighted by Crippen LogP contribution is -2.00. The van der Waals surface area contributed by atoms with E-state index in [2.05, 4.69) is 149 Å². The molecule has 6 nitrogen and oxygen atoms in total. The second kappa shape index (κ2) is 14.0. The van der Waals surface area contributed by atoms with Gasteiger partial charge in [0, 0.05) is 63.2 Å². The van der Waals surface area contributed by atoms with E-state index in [1.807, 2.05) is 30.3 Å². The minimum atomic E-state index is 0.554. The standard InChI is InChI=1S/C52H32N6/c1-2-12-34-28-38(24-23-33(34)11-1)49-46-30-45(42-19-3-4-20-43(42)48(46)44-21-5-6-22-47(44)55-49)37-15-7-13-35(27-37)36-14-8-16-39(29-36)50-56-51(40-17-9-25-53-31-40)58-52(57-50)41-18-10-26-54-32-41/h1-32H. The third-order valence-corrected chi connectivity index (χ3v) is 10.8. The summed E-state index contributed by atoms with van der Waals surface area (Å²) in [6, 6.07) is 59.7. The molecule has 0 bridgehead atoms. The van der Waals surface area contributed by atoms with Crippen LogP contribution in [-0.2, 0) is 0 Å². The molecule has 0 radical (unpaired) electrons. The molecule has 4 aromatic heterocycles. The monoisotopic (exact) mass is 740 g/mol. The number of fused-ring (bicyclic) bond motifs is 6. The van der Waals surface area contributed by atoms with Crippen molar-refractivity contribution in [2.75, 3.05) is 0 Å². The lowest BCUT2D eigenvalue weighted by molar-refractivity contribution is 1.07. The summed E-state index contributed by atoms with van der Waals surface area (Å²) in [5.41, 5.74) is 9.98. The highest BCUT2D eigenvalue weighted by molar-refractivity contribution is 6.25. The normalized spacial score (nSPS) is 11.4. The minimum Gasteiger partial charge on any atom is -0.264 e. The van der Waals surface area contributed by atoms with Crippen LogP contribution in [0, 0.1) is 0 Å². The van der Waals surface area contributed by atoms with E-state index in [1.165, 1.54) is 26.9 Å². The van der Waals surface area contributed by atoms with Crippen LogP contribution in [-0.4, -0.2) is 29.9 Å². The second-order valence-corrected chi connectivity index (χ2v) is 14.4. The van der Waals surface area contributed by atoms with Gasteiger partial charge in [-0.25, -0.2) is 19.9 Å². The fraction of sp³-hybridized carbons (Fsp3) is 0. The first-order chi connectivity index (χ1) is 28.7. The highest BCUT2D eigenvalue weighted by atomic mass is 15.0. The zero-order valence-corrected chi connectivity index (χ0v) is 31.2. The maximum absolute atomic E-state index is 5.35. The lowest BCUT2D eigenvalue weighted by Gasteiger charge is -2.17. The Morgan fingerprint density at radius 1 is 0.310 bits per heavy atom. The van der Waals surface area contributed by atoms with Crippen LogP contribution < -0.4 is 0 Å². The minimum absolute atomic E-state index is 0.554. The zero-order chi connectivity index (χ0) is 38.4. The fourth-order valence-corrected chi connectivity index (χ4v) is 8.07. The highest BCUT2D eigenvalue weighted by Gasteiger charge is 2.18. The largest absolute Gasteiger partial charge is 0.264 e. The number of hydrogen-bond acceptors (Lipinski definition) is 6. The average molecular weight is 741 g/mol. The van der Waals surface area contributed by atoms with Gasteiger partial charge in [-0.1, -0.05) is 115 Å².